The lowest BCUT2D eigenvalue weighted by Crippen LogP contribution is -2.84. The van der Waals surface area contributed by atoms with E-state index in [-0.39, 0.29) is 63.6 Å². The molecule has 4 aliphatic carbocycles. The van der Waals surface area contributed by atoms with Crippen LogP contribution in [0.2, 0.25) is 0 Å². The molecule has 0 aromatic rings. The third-order valence-electron chi connectivity index (χ3n) is 14.7. The molecule has 1 atom stereocenters. The molecule has 0 aromatic heterocycles. The van der Waals surface area contributed by atoms with Gasteiger partial charge in [0, 0.05) is 32.1 Å². The van der Waals surface area contributed by atoms with Crippen molar-refractivity contribution in [1.82, 2.24) is 0 Å². The number of carbonyl (C=O) groups is 6. The van der Waals surface area contributed by atoms with E-state index in [1.807, 2.05) is 19.2 Å². The monoisotopic (exact) mass is 993 g/mol. The average Bonchev–Trinajstić information content (AvgIpc) is 3.39. The lowest BCUT2D eigenvalue weighted by atomic mass is 9.86. The zero-order valence-corrected chi connectivity index (χ0v) is 44.7. The predicted molar refractivity (Wildman–Crippen MR) is 274 cm³/mol. The number of hydrogen-bond donors (Lipinski definition) is 1. The predicted octanol–water partition coefficient (Wildman–Crippen LogP) is 11.8. The van der Waals surface area contributed by atoms with Crippen molar-refractivity contribution in [2.24, 2.45) is 23.7 Å². The second kappa shape index (κ2) is 43.4. The number of hydrogen-bond acceptors (Lipinski definition) is 12. The van der Waals surface area contributed by atoms with Gasteiger partial charge < -0.3 is 33.7 Å². The summed E-state index contributed by atoms with van der Waals surface area (Å²) in [6.45, 7) is 7.12. The van der Waals surface area contributed by atoms with Crippen molar-refractivity contribution in [2.75, 3.05) is 39.5 Å². The number of ether oxygens (including phenoxy) is 6. The van der Waals surface area contributed by atoms with Gasteiger partial charge in [-0.05, 0) is 62.2 Å². The van der Waals surface area contributed by atoms with E-state index in [0.717, 1.165) is 44.4 Å². The van der Waals surface area contributed by atoms with Crippen LogP contribution in [0.5, 0.6) is 0 Å². The van der Waals surface area contributed by atoms with Gasteiger partial charge in [-0.2, -0.15) is 0 Å². The highest BCUT2D eigenvalue weighted by Gasteiger charge is 2.23. The van der Waals surface area contributed by atoms with E-state index < -0.39 is 24.1 Å². The van der Waals surface area contributed by atoms with Crippen molar-refractivity contribution in [3.63, 3.8) is 0 Å². The van der Waals surface area contributed by atoms with E-state index in [9.17, 15) is 28.8 Å². The molecule has 4 rings (SSSR count). The Bertz CT molecular complexity index is 1300. The Hall–Kier alpha value is -3.22. The molecule has 0 amide bonds. The summed E-state index contributed by atoms with van der Waals surface area (Å²) in [5, 5.41) is 1.99. The molecule has 4 saturated carbocycles. The fourth-order valence-corrected chi connectivity index (χ4v) is 10.6. The average molecular weight is 993 g/mol. The van der Waals surface area contributed by atoms with Gasteiger partial charge in [-0.3, -0.25) is 28.8 Å². The topological polar surface area (TPSA) is 174 Å². The Morgan fingerprint density at radius 3 is 1.04 bits per heavy atom. The summed E-state index contributed by atoms with van der Waals surface area (Å²) in [6.07, 6.45) is 36.7. The summed E-state index contributed by atoms with van der Waals surface area (Å²) in [7, 11) is 0. The van der Waals surface area contributed by atoms with Crippen molar-refractivity contribution in [3.8, 4) is 0 Å². The molecule has 0 spiro atoms. The van der Waals surface area contributed by atoms with Gasteiger partial charge >= 0.3 is 29.8 Å². The highest BCUT2D eigenvalue weighted by atomic mass is 16.6. The Balaban J connectivity index is 0.00000123. The highest BCUT2D eigenvalue weighted by molar-refractivity contribution is 5.71. The SMILES string of the molecule is CC.CCCCC1CCCCC1.O=COCC(COC(=O)CCCC1CCCCC1)OC(=O)CCC[NH2+]CCCC(=O)OC(COC(=O)CCCC1CCCCC1)COC(=O)CCCC1CCCCC1. The van der Waals surface area contributed by atoms with E-state index >= 15 is 0 Å². The molecule has 0 saturated heterocycles. The van der Waals surface area contributed by atoms with Gasteiger partial charge in [-0.1, -0.05) is 168 Å². The second-order valence-corrected chi connectivity index (χ2v) is 20.6. The van der Waals surface area contributed by atoms with Gasteiger partial charge in [-0.15, -0.1) is 0 Å². The summed E-state index contributed by atoms with van der Waals surface area (Å²) >= 11 is 0. The molecule has 0 heterocycles. The minimum Gasteiger partial charge on any atom is -0.464 e. The molecule has 13 heteroatoms. The van der Waals surface area contributed by atoms with Crippen molar-refractivity contribution in [2.45, 2.75) is 264 Å². The summed E-state index contributed by atoms with van der Waals surface area (Å²) in [4.78, 5) is 73.3. The van der Waals surface area contributed by atoms with Gasteiger partial charge in [0.05, 0.1) is 25.9 Å². The van der Waals surface area contributed by atoms with Crippen LogP contribution < -0.4 is 5.32 Å². The van der Waals surface area contributed by atoms with E-state index in [2.05, 4.69) is 6.92 Å². The molecule has 70 heavy (non-hydrogen) atoms. The fourth-order valence-electron chi connectivity index (χ4n) is 10.6. The molecule has 0 radical (unpaired) electrons. The molecule has 4 fully saturated rings. The smallest absolute Gasteiger partial charge is 0.306 e. The van der Waals surface area contributed by atoms with Crippen molar-refractivity contribution in [1.29, 1.82) is 0 Å². The maximum absolute atomic E-state index is 12.8. The molecular weight excluding hydrogens is 891 g/mol. The zero-order valence-electron chi connectivity index (χ0n) is 44.7. The lowest BCUT2D eigenvalue weighted by Gasteiger charge is -2.21. The number of carbonyl (C=O) groups excluding carboxylic acids is 6. The Labute approximate surface area is 424 Å². The second-order valence-electron chi connectivity index (χ2n) is 20.6. The normalized spacial score (nSPS) is 17.4. The Kier molecular flexibility index (Phi) is 39.0. The minimum atomic E-state index is -0.873. The van der Waals surface area contributed by atoms with E-state index in [1.54, 1.807) is 0 Å². The van der Waals surface area contributed by atoms with Gasteiger partial charge in [0.2, 0.25) is 0 Å². The van der Waals surface area contributed by atoms with E-state index in [1.165, 1.54) is 148 Å². The molecule has 4 aliphatic rings. The molecule has 1 unspecified atom stereocenters. The van der Waals surface area contributed by atoms with Crippen LogP contribution in [0.1, 0.15) is 252 Å². The molecule has 0 aliphatic heterocycles. The molecule has 0 aromatic carbocycles. The first-order valence-electron chi connectivity index (χ1n) is 29.0. The minimum absolute atomic E-state index is 0.131. The number of quaternary nitrogens is 1. The Morgan fingerprint density at radius 2 is 0.729 bits per heavy atom. The third kappa shape index (κ3) is 34.2. The summed E-state index contributed by atoms with van der Waals surface area (Å²) in [6, 6.07) is 0. The summed E-state index contributed by atoms with van der Waals surface area (Å²) in [5.41, 5.74) is 0. The van der Waals surface area contributed by atoms with Crippen LogP contribution in [-0.4, -0.2) is 88.0 Å². The quantitative estimate of drug-likeness (QED) is 0.0280. The first-order chi connectivity index (χ1) is 34.2. The number of rotatable bonds is 34. The Morgan fingerprint density at radius 1 is 0.429 bits per heavy atom. The first-order valence-corrected chi connectivity index (χ1v) is 29.0. The maximum atomic E-state index is 12.8. The van der Waals surface area contributed by atoms with Crippen LogP contribution in [0.4, 0.5) is 0 Å². The molecule has 0 bridgehead atoms. The molecule has 2 N–H and O–H groups in total. The van der Waals surface area contributed by atoms with Crippen LogP contribution in [0.15, 0.2) is 0 Å². The maximum Gasteiger partial charge on any atom is 0.306 e. The lowest BCUT2D eigenvalue weighted by molar-refractivity contribution is -0.655. The van der Waals surface area contributed by atoms with Crippen molar-refractivity contribution >= 4 is 36.3 Å². The molecule has 406 valence electrons. The third-order valence-corrected chi connectivity index (χ3v) is 14.7. The standard InChI is InChI=1S/C45H75NO12.C10H20.C2H6/c47-35-53-31-39(32-54-41(48)24-10-21-36-15-4-1-5-16-36)57-44(51)27-13-29-46-30-14-28-45(52)58-40(33-55-42(49)25-11-22-37-17-6-2-7-18-37)34-56-43(50)26-12-23-38-19-8-3-9-20-38;1-2-3-7-10-8-5-4-6-9-10;1-2/h35-40,46H,1-34H2;10H,2-9H2,1H3;1-2H3/p+1. The zero-order chi connectivity index (χ0) is 50.7. The van der Waals surface area contributed by atoms with Gasteiger partial charge in [0.15, 0.2) is 12.2 Å². The number of esters is 5. The van der Waals surface area contributed by atoms with Gasteiger partial charge in [0.25, 0.3) is 6.47 Å². The number of unbranched alkanes of at least 4 members (excludes halogenated alkanes) is 1. The van der Waals surface area contributed by atoms with Crippen LogP contribution in [0.3, 0.4) is 0 Å². The first kappa shape index (κ1) is 62.9. The van der Waals surface area contributed by atoms with Crippen LogP contribution in [-0.2, 0) is 57.2 Å². The largest absolute Gasteiger partial charge is 0.464 e. The highest BCUT2D eigenvalue weighted by Crippen LogP contribution is 2.30. The number of nitrogens with two attached hydrogens (primary N) is 1. The summed E-state index contributed by atoms with van der Waals surface area (Å²) < 4.78 is 32.1. The van der Waals surface area contributed by atoms with Gasteiger partial charge in [0.1, 0.15) is 26.4 Å². The summed E-state index contributed by atoms with van der Waals surface area (Å²) in [5.74, 6) is 1.19. The van der Waals surface area contributed by atoms with Crippen molar-refractivity contribution in [3.05, 3.63) is 0 Å². The van der Waals surface area contributed by atoms with Crippen LogP contribution >= 0.6 is 0 Å². The van der Waals surface area contributed by atoms with E-state index in [4.69, 9.17) is 28.4 Å². The van der Waals surface area contributed by atoms with E-state index in [0.29, 0.717) is 62.9 Å². The van der Waals surface area contributed by atoms with Crippen molar-refractivity contribution < 1.29 is 62.5 Å². The van der Waals surface area contributed by atoms with Crippen LogP contribution in [0, 0.1) is 23.7 Å². The van der Waals surface area contributed by atoms with Gasteiger partial charge in [-0.25, -0.2) is 0 Å². The molecule has 13 nitrogen and oxygen atoms in total. The van der Waals surface area contributed by atoms with Crippen LogP contribution in [0.25, 0.3) is 0 Å². The fraction of sp³-hybridized carbons (Fsp3) is 0.895. The molecular formula is C57H102NO12+.